The number of rotatable bonds is 11. The molecule has 0 fully saturated rings. The van der Waals surface area contributed by atoms with Crippen molar-refractivity contribution >= 4 is 12.1 Å². The lowest BCUT2D eigenvalue weighted by atomic mass is 9.98. The van der Waals surface area contributed by atoms with Crippen molar-refractivity contribution in [3.05, 3.63) is 0 Å². The Kier molecular flexibility index (Phi) is 10.7. The molecular weight excluding hydrogens is 310 g/mol. The van der Waals surface area contributed by atoms with Gasteiger partial charge in [0.2, 0.25) is 0 Å². The standard InChI is InChI=1S/C18H35NO5/c1-7-8-9-10-11-15(14(3)16(20)21)23-12-13(2)19-17(22)24-18(4,5)6/h13-15H,7-12H2,1-6H3,(H,19,22)(H,20,21)/t13-,14-,15-/m1/s1. The van der Waals surface area contributed by atoms with E-state index in [1.165, 1.54) is 0 Å². The molecule has 1 amide bonds. The van der Waals surface area contributed by atoms with Crippen LogP contribution in [-0.4, -0.2) is 41.5 Å². The van der Waals surface area contributed by atoms with Crippen molar-refractivity contribution in [1.82, 2.24) is 5.32 Å². The third-order valence-corrected chi connectivity index (χ3v) is 3.61. The van der Waals surface area contributed by atoms with E-state index in [9.17, 15) is 14.7 Å². The first-order chi connectivity index (χ1) is 11.1. The molecule has 24 heavy (non-hydrogen) atoms. The summed E-state index contributed by atoms with van der Waals surface area (Å²) < 4.78 is 11.0. The number of carboxylic acids is 1. The number of carbonyl (C=O) groups excluding carboxylic acids is 1. The van der Waals surface area contributed by atoms with Crippen LogP contribution < -0.4 is 5.32 Å². The summed E-state index contributed by atoms with van der Waals surface area (Å²) in [6.07, 6.45) is 4.18. The molecule has 0 spiro atoms. The van der Waals surface area contributed by atoms with E-state index in [2.05, 4.69) is 12.2 Å². The second-order valence-electron chi connectivity index (χ2n) is 7.40. The van der Waals surface area contributed by atoms with Crippen molar-refractivity contribution in [2.75, 3.05) is 6.61 Å². The fourth-order valence-electron chi connectivity index (χ4n) is 2.23. The number of ether oxygens (including phenoxy) is 2. The third kappa shape index (κ3) is 11.3. The highest BCUT2D eigenvalue weighted by molar-refractivity contribution is 5.70. The average molecular weight is 345 g/mol. The lowest BCUT2D eigenvalue weighted by Gasteiger charge is -2.25. The molecule has 0 radical (unpaired) electrons. The molecule has 0 aromatic heterocycles. The summed E-state index contributed by atoms with van der Waals surface area (Å²) in [5.74, 6) is -1.43. The average Bonchev–Trinajstić information content (AvgIpc) is 2.43. The molecule has 142 valence electrons. The lowest BCUT2D eigenvalue weighted by Crippen LogP contribution is -2.41. The van der Waals surface area contributed by atoms with Gasteiger partial charge in [0.15, 0.2) is 0 Å². The van der Waals surface area contributed by atoms with Crippen LogP contribution in [0.5, 0.6) is 0 Å². The first kappa shape index (κ1) is 22.7. The molecule has 0 heterocycles. The van der Waals surface area contributed by atoms with E-state index >= 15 is 0 Å². The van der Waals surface area contributed by atoms with E-state index in [4.69, 9.17) is 9.47 Å². The van der Waals surface area contributed by atoms with Crippen molar-refractivity contribution in [2.24, 2.45) is 5.92 Å². The van der Waals surface area contributed by atoms with Crippen LogP contribution in [0.3, 0.4) is 0 Å². The van der Waals surface area contributed by atoms with Gasteiger partial charge < -0.3 is 19.9 Å². The number of alkyl carbamates (subject to hydrolysis) is 1. The van der Waals surface area contributed by atoms with Gasteiger partial charge in [-0.15, -0.1) is 0 Å². The predicted octanol–water partition coefficient (Wildman–Crippen LogP) is 3.98. The normalized spacial score (nSPS) is 15.4. The molecular formula is C18H35NO5. The Morgan fingerprint density at radius 3 is 2.25 bits per heavy atom. The number of amides is 1. The van der Waals surface area contributed by atoms with Crippen molar-refractivity contribution < 1.29 is 24.2 Å². The molecule has 0 aliphatic rings. The van der Waals surface area contributed by atoms with Crippen LogP contribution >= 0.6 is 0 Å². The van der Waals surface area contributed by atoms with Gasteiger partial charge in [0.05, 0.1) is 24.7 Å². The Balaban J connectivity index is 4.36. The smallest absolute Gasteiger partial charge is 0.407 e. The van der Waals surface area contributed by atoms with Crippen LogP contribution in [0, 0.1) is 5.92 Å². The summed E-state index contributed by atoms with van der Waals surface area (Å²) >= 11 is 0. The number of aliphatic carboxylic acids is 1. The van der Waals surface area contributed by atoms with E-state index in [0.717, 1.165) is 25.7 Å². The number of nitrogens with one attached hydrogen (secondary N) is 1. The highest BCUT2D eigenvalue weighted by Crippen LogP contribution is 2.17. The molecule has 2 N–H and O–H groups in total. The van der Waals surface area contributed by atoms with Gasteiger partial charge in [0.1, 0.15) is 5.60 Å². The van der Waals surface area contributed by atoms with Gasteiger partial charge in [-0.2, -0.15) is 0 Å². The van der Waals surface area contributed by atoms with Crippen molar-refractivity contribution in [1.29, 1.82) is 0 Å². The van der Waals surface area contributed by atoms with Crippen LogP contribution in [0.1, 0.15) is 73.6 Å². The van der Waals surface area contributed by atoms with Crippen molar-refractivity contribution in [3.63, 3.8) is 0 Å². The first-order valence-electron chi connectivity index (χ1n) is 8.90. The summed E-state index contributed by atoms with van der Waals surface area (Å²) in [7, 11) is 0. The fourth-order valence-corrected chi connectivity index (χ4v) is 2.23. The molecule has 6 heteroatoms. The van der Waals surface area contributed by atoms with Crippen LogP contribution in [0.15, 0.2) is 0 Å². The van der Waals surface area contributed by atoms with E-state index in [1.807, 2.05) is 6.92 Å². The Labute approximate surface area is 146 Å². The van der Waals surface area contributed by atoms with Gasteiger partial charge in [-0.3, -0.25) is 4.79 Å². The van der Waals surface area contributed by atoms with Crippen LogP contribution in [-0.2, 0) is 14.3 Å². The van der Waals surface area contributed by atoms with Crippen LogP contribution in [0.4, 0.5) is 4.79 Å². The topological polar surface area (TPSA) is 84.9 Å². The van der Waals surface area contributed by atoms with Crippen molar-refractivity contribution in [3.8, 4) is 0 Å². The van der Waals surface area contributed by atoms with Gasteiger partial charge in [-0.25, -0.2) is 4.79 Å². The molecule has 0 saturated heterocycles. The van der Waals surface area contributed by atoms with Gasteiger partial charge >= 0.3 is 12.1 Å². The van der Waals surface area contributed by atoms with E-state index in [0.29, 0.717) is 6.42 Å². The molecule has 0 aromatic carbocycles. The maximum atomic E-state index is 11.7. The largest absolute Gasteiger partial charge is 0.481 e. The van der Waals surface area contributed by atoms with Crippen LogP contribution in [0.25, 0.3) is 0 Å². The summed E-state index contributed by atoms with van der Waals surface area (Å²) in [5, 5.41) is 11.9. The Morgan fingerprint density at radius 2 is 1.75 bits per heavy atom. The number of hydrogen-bond acceptors (Lipinski definition) is 4. The number of carboxylic acid groups (broad SMARTS) is 1. The van der Waals surface area contributed by atoms with E-state index < -0.39 is 23.6 Å². The summed E-state index contributed by atoms with van der Waals surface area (Å²) in [6.45, 7) is 11.3. The van der Waals surface area contributed by atoms with Crippen molar-refractivity contribution in [2.45, 2.75) is 91.4 Å². The van der Waals surface area contributed by atoms with Crippen LogP contribution in [0.2, 0.25) is 0 Å². The second kappa shape index (κ2) is 11.3. The molecule has 0 unspecified atom stereocenters. The molecule has 6 nitrogen and oxygen atoms in total. The minimum atomic E-state index is -0.858. The van der Waals surface area contributed by atoms with Gasteiger partial charge in [-0.1, -0.05) is 32.6 Å². The molecule has 0 aromatic rings. The first-order valence-corrected chi connectivity index (χ1v) is 8.90. The third-order valence-electron chi connectivity index (χ3n) is 3.61. The van der Waals surface area contributed by atoms with Gasteiger partial charge in [-0.05, 0) is 41.0 Å². The maximum absolute atomic E-state index is 11.7. The molecule has 0 rings (SSSR count). The molecule has 0 aliphatic heterocycles. The monoisotopic (exact) mass is 345 g/mol. The summed E-state index contributed by atoms with van der Waals surface area (Å²) in [6, 6.07) is -0.251. The Bertz CT molecular complexity index is 378. The predicted molar refractivity (Wildman–Crippen MR) is 94.1 cm³/mol. The van der Waals surface area contributed by atoms with E-state index in [1.54, 1.807) is 27.7 Å². The number of hydrogen-bond donors (Lipinski definition) is 2. The summed E-state index contributed by atoms with van der Waals surface area (Å²) in [5.41, 5.74) is -0.551. The lowest BCUT2D eigenvalue weighted by molar-refractivity contribution is -0.147. The van der Waals surface area contributed by atoms with Gasteiger partial charge in [0, 0.05) is 0 Å². The molecule has 0 aliphatic carbocycles. The zero-order valence-electron chi connectivity index (χ0n) is 16.1. The molecule has 0 bridgehead atoms. The highest BCUT2D eigenvalue weighted by atomic mass is 16.6. The quantitative estimate of drug-likeness (QED) is 0.553. The Morgan fingerprint density at radius 1 is 1.12 bits per heavy atom. The maximum Gasteiger partial charge on any atom is 0.407 e. The fraction of sp³-hybridized carbons (Fsp3) is 0.889. The van der Waals surface area contributed by atoms with E-state index in [-0.39, 0.29) is 18.8 Å². The summed E-state index contributed by atoms with van der Waals surface area (Å²) in [4.78, 5) is 23.0. The second-order valence-corrected chi connectivity index (χ2v) is 7.40. The minimum Gasteiger partial charge on any atom is -0.481 e. The number of unbranched alkanes of at least 4 members (excludes halogenated alkanes) is 3. The Hall–Kier alpha value is -1.30. The SMILES string of the molecule is CCCCCC[C@@H](OC[C@@H](C)NC(=O)OC(C)(C)C)[C@@H](C)C(=O)O. The number of carbonyl (C=O) groups is 2. The molecule has 3 atom stereocenters. The zero-order chi connectivity index (χ0) is 18.8. The molecule has 0 saturated carbocycles. The van der Waals surface area contributed by atoms with Gasteiger partial charge in [0.25, 0.3) is 0 Å². The minimum absolute atomic E-state index is 0.251. The zero-order valence-corrected chi connectivity index (χ0v) is 16.1. The highest BCUT2D eigenvalue weighted by Gasteiger charge is 2.25.